The number of nitrogens with two attached hydrogens (primary N) is 1. The van der Waals surface area contributed by atoms with Crippen molar-refractivity contribution < 1.29 is 23.1 Å². The molecule has 0 bridgehead atoms. The van der Waals surface area contributed by atoms with Gasteiger partial charge in [0.25, 0.3) is 0 Å². The molecule has 3 N–H and O–H groups in total. The number of rotatable bonds is 3. The maximum atomic E-state index is 12.4. The maximum absolute atomic E-state index is 12.4. The van der Waals surface area contributed by atoms with Crippen molar-refractivity contribution in [2.75, 3.05) is 0 Å². The van der Waals surface area contributed by atoms with Crippen LogP contribution in [0.4, 0.5) is 13.2 Å². The first-order valence-electron chi connectivity index (χ1n) is 5.72. The van der Waals surface area contributed by atoms with E-state index in [1.54, 1.807) is 0 Å². The van der Waals surface area contributed by atoms with Gasteiger partial charge in [-0.1, -0.05) is 0 Å². The summed E-state index contributed by atoms with van der Waals surface area (Å²) in [5.41, 5.74) is 4.25. The number of hydrogen-bond acceptors (Lipinski definition) is 2. The van der Waals surface area contributed by atoms with E-state index in [2.05, 4.69) is 0 Å². The van der Waals surface area contributed by atoms with Crippen LogP contribution >= 0.6 is 12.4 Å². The largest absolute Gasteiger partial charge is 0.480 e. The molecule has 0 heterocycles. The molecule has 1 aliphatic carbocycles. The van der Waals surface area contributed by atoms with Gasteiger partial charge < -0.3 is 10.8 Å². The third kappa shape index (κ3) is 4.65. The van der Waals surface area contributed by atoms with Crippen LogP contribution in [0.3, 0.4) is 0 Å². The molecule has 1 rings (SSSR count). The van der Waals surface area contributed by atoms with Crippen molar-refractivity contribution >= 4 is 18.4 Å². The topological polar surface area (TPSA) is 63.3 Å². The van der Waals surface area contributed by atoms with Crippen LogP contribution in [-0.2, 0) is 4.79 Å². The van der Waals surface area contributed by atoms with Crippen LogP contribution in [0.5, 0.6) is 0 Å². The molecule has 0 aliphatic heterocycles. The van der Waals surface area contributed by atoms with Crippen molar-refractivity contribution in [3.8, 4) is 0 Å². The molecule has 1 fully saturated rings. The predicted octanol–water partition coefficient (Wildman–Crippen LogP) is 2.97. The fourth-order valence-electron chi connectivity index (χ4n) is 2.38. The van der Waals surface area contributed by atoms with Gasteiger partial charge in [0, 0.05) is 0 Å². The molecule has 18 heavy (non-hydrogen) atoms. The summed E-state index contributed by atoms with van der Waals surface area (Å²) in [6, 6.07) is 0. The monoisotopic (exact) mass is 289 g/mol. The van der Waals surface area contributed by atoms with Crippen molar-refractivity contribution in [1.29, 1.82) is 0 Å². The maximum Gasteiger partial charge on any atom is 0.391 e. The van der Waals surface area contributed by atoms with Crippen molar-refractivity contribution in [3.63, 3.8) is 0 Å². The van der Waals surface area contributed by atoms with Crippen LogP contribution in [0.1, 0.15) is 39.0 Å². The minimum atomic E-state index is -4.12. The van der Waals surface area contributed by atoms with E-state index in [1.807, 2.05) is 0 Å². The molecular weight excluding hydrogens is 271 g/mol. The van der Waals surface area contributed by atoms with Crippen molar-refractivity contribution in [1.82, 2.24) is 0 Å². The quantitative estimate of drug-likeness (QED) is 0.839. The molecule has 0 aromatic rings. The van der Waals surface area contributed by atoms with E-state index < -0.39 is 23.6 Å². The van der Waals surface area contributed by atoms with E-state index in [0.717, 1.165) is 0 Å². The summed E-state index contributed by atoms with van der Waals surface area (Å²) in [4.78, 5) is 10.8. The lowest BCUT2D eigenvalue weighted by atomic mass is 9.76. The van der Waals surface area contributed by atoms with Gasteiger partial charge in [0.15, 0.2) is 0 Å². The first kappa shape index (κ1) is 17.5. The first-order chi connectivity index (χ1) is 7.63. The molecule has 7 heteroatoms. The van der Waals surface area contributed by atoms with Crippen molar-refractivity contribution in [3.05, 3.63) is 0 Å². The average molecular weight is 290 g/mol. The van der Waals surface area contributed by atoms with E-state index in [4.69, 9.17) is 10.8 Å². The van der Waals surface area contributed by atoms with Gasteiger partial charge in [-0.15, -0.1) is 12.4 Å². The first-order valence-corrected chi connectivity index (χ1v) is 5.72. The van der Waals surface area contributed by atoms with Crippen LogP contribution in [0, 0.1) is 11.8 Å². The Morgan fingerprint density at radius 1 is 1.28 bits per heavy atom. The van der Waals surface area contributed by atoms with Crippen LogP contribution in [-0.4, -0.2) is 22.8 Å². The normalized spacial score (nSPS) is 28.1. The Labute approximate surface area is 110 Å². The van der Waals surface area contributed by atoms with Gasteiger partial charge in [-0.05, 0) is 44.9 Å². The second kappa shape index (κ2) is 6.10. The second-order valence-corrected chi connectivity index (χ2v) is 5.19. The van der Waals surface area contributed by atoms with E-state index in [9.17, 15) is 18.0 Å². The van der Waals surface area contributed by atoms with Crippen LogP contribution in [0.15, 0.2) is 0 Å². The van der Waals surface area contributed by atoms with Gasteiger partial charge in [0.1, 0.15) is 5.54 Å². The van der Waals surface area contributed by atoms with Crippen LogP contribution in [0.25, 0.3) is 0 Å². The molecular formula is C11H19ClF3NO2. The fraction of sp³-hybridized carbons (Fsp3) is 0.909. The minimum absolute atomic E-state index is 0. The van der Waals surface area contributed by atoms with Crippen LogP contribution < -0.4 is 5.73 Å². The van der Waals surface area contributed by atoms with Gasteiger partial charge in [-0.2, -0.15) is 13.2 Å². The standard InChI is InChI=1S/C11H18F3NO2.ClH/c1-10(15,9(16)17)6-7-2-4-8(5-3-7)11(12,13)14;/h7-8H,2-6,15H2,1H3,(H,16,17);1H. The lowest BCUT2D eigenvalue weighted by Crippen LogP contribution is -2.46. The van der Waals surface area contributed by atoms with Gasteiger partial charge in [-0.3, -0.25) is 4.79 Å². The van der Waals surface area contributed by atoms with E-state index in [0.29, 0.717) is 12.8 Å². The Morgan fingerprint density at radius 2 is 1.72 bits per heavy atom. The van der Waals surface area contributed by atoms with Gasteiger partial charge in [0.2, 0.25) is 0 Å². The second-order valence-electron chi connectivity index (χ2n) is 5.19. The molecule has 1 aliphatic rings. The summed E-state index contributed by atoms with van der Waals surface area (Å²) in [7, 11) is 0. The van der Waals surface area contributed by atoms with Gasteiger partial charge >= 0.3 is 12.1 Å². The number of carbonyl (C=O) groups is 1. The number of halogens is 4. The zero-order valence-corrected chi connectivity index (χ0v) is 11.0. The third-order valence-corrected chi connectivity index (χ3v) is 3.51. The Balaban J connectivity index is 0.00000289. The summed E-state index contributed by atoms with van der Waals surface area (Å²) in [5.74, 6) is -2.34. The molecule has 108 valence electrons. The number of carboxylic acid groups (broad SMARTS) is 1. The molecule has 1 unspecified atom stereocenters. The Morgan fingerprint density at radius 3 is 2.06 bits per heavy atom. The number of aliphatic carboxylic acids is 1. The summed E-state index contributed by atoms with van der Waals surface area (Å²) < 4.78 is 37.2. The molecule has 0 aromatic heterocycles. The molecule has 1 atom stereocenters. The molecule has 0 saturated heterocycles. The molecule has 0 radical (unpaired) electrons. The third-order valence-electron chi connectivity index (χ3n) is 3.51. The lowest BCUT2D eigenvalue weighted by Gasteiger charge is -2.33. The number of hydrogen-bond donors (Lipinski definition) is 2. The van der Waals surface area contributed by atoms with Crippen LogP contribution in [0.2, 0.25) is 0 Å². The highest BCUT2D eigenvalue weighted by molar-refractivity contribution is 5.85. The summed E-state index contributed by atoms with van der Waals surface area (Å²) in [6.07, 6.45) is -2.89. The fourth-order valence-corrected chi connectivity index (χ4v) is 2.38. The SMILES string of the molecule is CC(N)(CC1CCC(C(F)(F)F)CC1)C(=O)O.Cl. The average Bonchev–Trinajstić information content (AvgIpc) is 2.16. The van der Waals surface area contributed by atoms with E-state index in [1.165, 1.54) is 6.92 Å². The van der Waals surface area contributed by atoms with E-state index >= 15 is 0 Å². The Hall–Kier alpha value is -0.490. The smallest absolute Gasteiger partial charge is 0.391 e. The van der Waals surface area contributed by atoms with E-state index in [-0.39, 0.29) is 37.6 Å². The minimum Gasteiger partial charge on any atom is -0.480 e. The number of carboxylic acids is 1. The number of alkyl halides is 3. The molecule has 0 aromatic carbocycles. The van der Waals surface area contributed by atoms with Gasteiger partial charge in [0.05, 0.1) is 5.92 Å². The highest BCUT2D eigenvalue weighted by Gasteiger charge is 2.42. The highest BCUT2D eigenvalue weighted by Crippen LogP contribution is 2.41. The highest BCUT2D eigenvalue weighted by atomic mass is 35.5. The van der Waals surface area contributed by atoms with Crippen molar-refractivity contribution in [2.45, 2.75) is 50.7 Å². The molecule has 0 amide bonds. The predicted molar refractivity (Wildman–Crippen MR) is 63.6 cm³/mol. The lowest BCUT2D eigenvalue weighted by molar-refractivity contribution is -0.184. The van der Waals surface area contributed by atoms with Crippen molar-refractivity contribution in [2.24, 2.45) is 17.6 Å². The van der Waals surface area contributed by atoms with Gasteiger partial charge in [-0.25, -0.2) is 0 Å². The summed E-state index contributed by atoms with van der Waals surface area (Å²) >= 11 is 0. The zero-order valence-electron chi connectivity index (χ0n) is 10.2. The Kier molecular flexibility index (Phi) is 5.94. The molecule has 3 nitrogen and oxygen atoms in total. The zero-order chi connectivity index (χ0) is 13.3. The molecule has 0 spiro atoms. The summed E-state index contributed by atoms with van der Waals surface area (Å²) in [6.45, 7) is 1.41. The summed E-state index contributed by atoms with van der Waals surface area (Å²) in [5, 5.41) is 8.85. The Bertz CT molecular complexity index is 287. The molecule has 1 saturated carbocycles.